The maximum absolute atomic E-state index is 9.58. The van der Waals surface area contributed by atoms with Gasteiger partial charge in [-0.1, -0.05) is 13.8 Å². The Morgan fingerprint density at radius 3 is 2.42 bits per heavy atom. The lowest BCUT2D eigenvalue weighted by Gasteiger charge is -2.43. The van der Waals surface area contributed by atoms with E-state index in [9.17, 15) is 15.3 Å². The molecule has 0 spiro atoms. The van der Waals surface area contributed by atoms with Crippen molar-refractivity contribution in [2.45, 2.75) is 38.8 Å². The van der Waals surface area contributed by atoms with Crippen molar-refractivity contribution < 1.29 is 20.1 Å². The van der Waals surface area contributed by atoms with E-state index in [2.05, 4.69) is 0 Å². The fourth-order valence-corrected chi connectivity index (χ4v) is 1.44. The van der Waals surface area contributed by atoms with Crippen molar-refractivity contribution in [1.29, 1.82) is 0 Å². The molecule has 3 N–H and O–H groups in total. The first-order valence-corrected chi connectivity index (χ1v) is 4.18. The van der Waals surface area contributed by atoms with Gasteiger partial charge in [0.1, 0.15) is 6.10 Å². The number of ether oxygens (including phenoxy) is 1. The zero-order valence-electron chi connectivity index (χ0n) is 7.40. The largest absolute Gasteiger partial charge is 0.390 e. The van der Waals surface area contributed by atoms with E-state index in [0.717, 1.165) is 0 Å². The minimum atomic E-state index is -0.985. The van der Waals surface area contributed by atoms with E-state index in [4.69, 9.17) is 4.74 Å². The molecule has 4 atom stereocenters. The van der Waals surface area contributed by atoms with Crippen molar-refractivity contribution in [1.82, 2.24) is 0 Å². The van der Waals surface area contributed by atoms with E-state index in [1.165, 1.54) is 0 Å². The average molecular weight is 176 g/mol. The summed E-state index contributed by atoms with van der Waals surface area (Å²) in [6, 6.07) is 0. The van der Waals surface area contributed by atoms with Crippen LogP contribution in [0.5, 0.6) is 0 Å². The fraction of sp³-hybridized carbons (Fsp3) is 1.00. The highest BCUT2D eigenvalue weighted by molar-refractivity contribution is 4.91. The van der Waals surface area contributed by atoms with E-state index in [1.807, 2.05) is 6.92 Å². The van der Waals surface area contributed by atoms with E-state index >= 15 is 0 Å². The quantitative estimate of drug-likeness (QED) is 0.502. The fourth-order valence-electron chi connectivity index (χ4n) is 1.44. The molecule has 0 aromatic heterocycles. The van der Waals surface area contributed by atoms with Gasteiger partial charge in [0.15, 0.2) is 6.29 Å². The predicted octanol–water partition coefficient (Wildman–Crippen LogP) is -0.527. The molecular formula is C8H16O4. The third-order valence-corrected chi connectivity index (χ3v) is 2.79. The summed E-state index contributed by atoms with van der Waals surface area (Å²) < 4.78 is 4.91. The molecule has 4 nitrogen and oxygen atoms in total. The Morgan fingerprint density at radius 1 is 1.42 bits per heavy atom. The Balaban J connectivity index is 2.78. The second kappa shape index (κ2) is 3.30. The first-order valence-electron chi connectivity index (χ1n) is 4.18. The number of hydrogen-bond donors (Lipinski definition) is 3. The summed E-state index contributed by atoms with van der Waals surface area (Å²) >= 11 is 0. The van der Waals surface area contributed by atoms with Gasteiger partial charge < -0.3 is 20.1 Å². The van der Waals surface area contributed by atoms with E-state index < -0.39 is 23.9 Å². The van der Waals surface area contributed by atoms with Gasteiger partial charge in [0, 0.05) is 5.41 Å². The Morgan fingerprint density at radius 2 is 2.00 bits per heavy atom. The molecule has 12 heavy (non-hydrogen) atoms. The number of hydrogen-bond acceptors (Lipinski definition) is 4. The maximum Gasteiger partial charge on any atom is 0.162 e. The second-order valence-corrected chi connectivity index (χ2v) is 3.56. The molecule has 72 valence electrons. The minimum Gasteiger partial charge on any atom is -0.390 e. The lowest BCUT2D eigenvalue weighted by atomic mass is 9.77. The number of aliphatic hydroxyl groups excluding tert-OH is 3. The summed E-state index contributed by atoms with van der Waals surface area (Å²) in [5.41, 5.74) is -0.752. The molecule has 0 aromatic carbocycles. The van der Waals surface area contributed by atoms with Gasteiger partial charge in [-0.25, -0.2) is 0 Å². The van der Waals surface area contributed by atoms with Crippen LogP contribution in [0.1, 0.15) is 20.3 Å². The molecule has 0 radical (unpaired) electrons. The molecule has 1 aliphatic heterocycles. The molecule has 0 amide bonds. The van der Waals surface area contributed by atoms with Crippen LogP contribution in [0.25, 0.3) is 0 Å². The Labute approximate surface area is 71.8 Å². The van der Waals surface area contributed by atoms with E-state index in [-0.39, 0.29) is 6.61 Å². The lowest BCUT2D eigenvalue weighted by molar-refractivity contribution is -0.269. The summed E-state index contributed by atoms with van der Waals surface area (Å²) in [6.07, 6.45) is -2.22. The number of aliphatic hydroxyl groups is 3. The first kappa shape index (κ1) is 9.92. The molecule has 1 fully saturated rings. The van der Waals surface area contributed by atoms with Gasteiger partial charge in [-0.2, -0.15) is 0 Å². The molecule has 1 aliphatic rings. The van der Waals surface area contributed by atoms with E-state index in [0.29, 0.717) is 6.42 Å². The molecule has 0 aliphatic carbocycles. The molecule has 4 heteroatoms. The van der Waals surface area contributed by atoms with Gasteiger partial charge in [-0.15, -0.1) is 0 Å². The summed E-state index contributed by atoms with van der Waals surface area (Å²) in [4.78, 5) is 0. The smallest absolute Gasteiger partial charge is 0.162 e. The van der Waals surface area contributed by atoms with Gasteiger partial charge in [-0.05, 0) is 6.42 Å². The topological polar surface area (TPSA) is 69.9 Å². The zero-order valence-corrected chi connectivity index (χ0v) is 7.40. The van der Waals surface area contributed by atoms with Crippen molar-refractivity contribution in [2.24, 2.45) is 5.41 Å². The van der Waals surface area contributed by atoms with Gasteiger partial charge in [0.25, 0.3) is 0 Å². The summed E-state index contributed by atoms with van der Waals surface area (Å²) in [7, 11) is 0. The summed E-state index contributed by atoms with van der Waals surface area (Å²) in [6.45, 7) is 3.54. The minimum absolute atomic E-state index is 0.00206. The van der Waals surface area contributed by atoms with Crippen LogP contribution in [-0.2, 0) is 4.74 Å². The molecule has 1 rings (SSSR count). The monoisotopic (exact) mass is 176 g/mol. The van der Waals surface area contributed by atoms with Crippen LogP contribution in [0, 0.1) is 5.41 Å². The van der Waals surface area contributed by atoms with Crippen molar-refractivity contribution in [3.8, 4) is 0 Å². The van der Waals surface area contributed by atoms with Gasteiger partial charge >= 0.3 is 0 Å². The zero-order chi connectivity index (χ0) is 9.35. The standard InChI is InChI=1S/C8H16O4/c1-3-8(2)6(10)5(9)4-12-7(8)11/h5-7,9-11H,3-4H2,1-2H3/t5-,6+,7+,8-/m1/s1. The second-order valence-electron chi connectivity index (χ2n) is 3.56. The van der Waals surface area contributed by atoms with Crippen LogP contribution in [0.3, 0.4) is 0 Å². The molecular weight excluding hydrogens is 160 g/mol. The van der Waals surface area contributed by atoms with Crippen LogP contribution < -0.4 is 0 Å². The van der Waals surface area contributed by atoms with Gasteiger partial charge in [-0.3, -0.25) is 0 Å². The molecule has 0 unspecified atom stereocenters. The van der Waals surface area contributed by atoms with Crippen LogP contribution in [0.2, 0.25) is 0 Å². The first-order chi connectivity index (χ1) is 5.52. The highest BCUT2D eigenvalue weighted by Crippen LogP contribution is 2.36. The molecule has 0 aromatic rings. The van der Waals surface area contributed by atoms with Crippen LogP contribution in [0.4, 0.5) is 0 Å². The van der Waals surface area contributed by atoms with Crippen LogP contribution >= 0.6 is 0 Å². The average Bonchev–Trinajstić information content (AvgIpc) is 2.08. The summed E-state index contributed by atoms with van der Waals surface area (Å²) in [5, 5.41) is 28.3. The molecule has 0 bridgehead atoms. The Hall–Kier alpha value is -0.160. The SMILES string of the molecule is CC[C@@]1(C)[C@@H](O)OC[C@@H](O)[C@@H]1O. The molecule has 1 heterocycles. The highest BCUT2D eigenvalue weighted by atomic mass is 16.6. The third kappa shape index (κ3) is 1.35. The lowest BCUT2D eigenvalue weighted by Crippen LogP contribution is -2.55. The number of rotatable bonds is 1. The Kier molecular flexibility index (Phi) is 2.73. The summed E-state index contributed by atoms with van der Waals surface area (Å²) in [5.74, 6) is 0. The third-order valence-electron chi connectivity index (χ3n) is 2.79. The molecule has 0 saturated carbocycles. The predicted molar refractivity (Wildman–Crippen MR) is 42.4 cm³/mol. The van der Waals surface area contributed by atoms with E-state index in [1.54, 1.807) is 6.92 Å². The highest BCUT2D eigenvalue weighted by Gasteiger charge is 2.46. The van der Waals surface area contributed by atoms with Crippen molar-refractivity contribution in [2.75, 3.05) is 6.61 Å². The van der Waals surface area contributed by atoms with Crippen LogP contribution in [-0.4, -0.2) is 40.4 Å². The Bertz CT molecular complexity index is 161. The van der Waals surface area contributed by atoms with Crippen molar-refractivity contribution in [3.63, 3.8) is 0 Å². The normalized spacial score (nSPS) is 49.2. The van der Waals surface area contributed by atoms with Gasteiger partial charge in [0.05, 0.1) is 12.7 Å². The van der Waals surface area contributed by atoms with Gasteiger partial charge in [0.2, 0.25) is 0 Å². The van der Waals surface area contributed by atoms with Crippen molar-refractivity contribution >= 4 is 0 Å². The molecule has 1 saturated heterocycles. The van der Waals surface area contributed by atoms with Crippen molar-refractivity contribution in [3.05, 3.63) is 0 Å². The maximum atomic E-state index is 9.58. The van der Waals surface area contributed by atoms with Crippen LogP contribution in [0.15, 0.2) is 0 Å².